The van der Waals surface area contributed by atoms with Gasteiger partial charge in [-0.05, 0) is 19.3 Å². The van der Waals surface area contributed by atoms with Crippen LogP contribution in [0.15, 0.2) is 0 Å². The zero-order valence-electron chi connectivity index (χ0n) is 11.5. The molecule has 1 fully saturated rings. The summed E-state index contributed by atoms with van der Waals surface area (Å²) < 4.78 is 16.2. The summed E-state index contributed by atoms with van der Waals surface area (Å²) in [5.74, 6) is -0.842. The van der Waals surface area contributed by atoms with Gasteiger partial charge in [-0.3, -0.25) is 4.79 Å². The SMILES string of the molecule is CC1(C)OCC(C=O)(OC(N)=O)C(C(C)(C)C)O1. The van der Waals surface area contributed by atoms with Crippen molar-refractivity contribution in [2.75, 3.05) is 6.61 Å². The van der Waals surface area contributed by atoms with Gasteiger partial charge in [0, 0.05) is 0 Å². The molecule has 0 radical (unpaired) electrons. The molecule has 104 valence electrons. The molecule has 1 aliphatic heterocycles. The number of nitrogens with two attached hydrogens (primary N) is 1. The molecule has 2 N–H and O–H groups in total. The van der Waals surface area contributed by atoms with Gasteiger partial charge in [0.15, 0.2) is 12.1 Å². The standard InChI is InChI=1S/C12H21NO5/c1-10(2,3)8-12(6-14,18-9(13)15)7-16-11(4,5)17-8/h6,8H,7H2,1-5H3,(H2,13,15). The van der Waals surface area contributed by atoms with Crippen LogP contribution in [0.25, 0.3) is 0 Å². The quantitative estimate of drug-likeness (QED) is 0.753. The lowest BCUT2D eigenvalue weighted by atomic mass is 9.78. The van der Waals surface area contributed by atoms with Crippen LogP contribution in [-0.2, 0) is 19.0 Å². The van der Waals surface area contributed by atoms with Gasteiger partial charge in [0.1, 0.15) is 6.10 Å². The first-order chi connectivity index (χ1) is 8.02. The van der Waals surface area contributed by atoms with E-state index >= 15 is 0 Å². The molecule has 1 aliphatic rings. The van der Waals surface area contributed by atoms with E-state index in [4.69, 9.17) is 19.9 Å². The second-order valence-electron chi connectivity index (χ2n) is 6.05. The number of carbonyl (C=O) groups excluding carboxylic acids is 2. The number of primary amides is 1. The molecule has 6 nitrogen and oxygen atoms in total. The molecule has 0 bridgehead atoms. The smallest absolute Gasteiger partial charge is 0.405 e. The molecule has 6 heteroatoms. The van der Waals surface area contributed by atoms with E-state index in [0.29, 0.717) is 6.29 Å². The topological polar surface area (TPSA) is 87.9 Å². The molecule has 0 saturated carbocycles. The second kappa shape index (κ2) is 4.51. The average molecular weight is 259 g/mol. The predicted octanol–water partition coefficient (Wildman–Crippen LogP) is 1.22. The molecular formula is C12H21NO5. The number of ether oxygens (including phenoxy) is 3. The summed E-state index contributed by atoms with van der Waals surface area (Å²) in [6, 6.07) is 0. The van der Waals surface area contributed by atoms with E-state index in [9.17, 15) is 9.59 Å². The zero-order chi connectivity index (χ0) is 14.2. The summed E-state index contributed by atoms with van der Waals surface area (Å²) in [5, 5.41) is 0. The van der Waals surface area contributed by atoms with Gasteiger partial charge < -0.3 is 19.9 Å². The predicted molar refractivity (Wildman–Crippen MR) is 63.8 cm³/mol. The molecule has 1 heterocycles. The average Bonchev–Trinajstić information content (AvgIpc) is 2.19. The lowest BCUT2D eigenvalue weighted by molar-refractivity contribution is -0.337. The van der Waals surface area contributed by atoms with Crippen molar-refractivity contribution in [2.45, 2.75) is 52.1 Å². The van der Waals surface area contributed by atoms with Crippen molar-refractivity contribution in [3.63, 3.8) is 0 Å². The van der Waals surface area contributed by atoms with Gasteiger partial charge in [0.2, 0.25) is 5.60 Å². The molecular weight excluding hydrogens is 238 g/mol. The van der Waals surface area contributed by atoms with Crippen LogP contribution in [0.3, 0.4) is 0 Å². The summed E-state index contributed by atoms with van der Waals surface area (Å²) >= 11 is 0. The van der Waals surface area contributed by atoms with Crippen molar-refractivity contribution in [3.8, 4) is 0 Å². The highest BCUT2D eigenvalue weighted by atomic mass is 16.7. The maximum atomic E-state index is 11.4. The molecule has 0 aromatic rings. The van der Waals surface area contributed by atoms with E-state index in [0.717, 1.165) is 0 Å². The minimum Gasteiger partial charge on any atom is -0.430 e. The van der Waals surface area contributed by atoms with Gasteiger partial charge in [0.05, 0.1) is 6.61 Å². The van der Waals surface area contributed by atoms with Gasteiger partial charge >= 0.3 is 6.09 Å². The third-order valence-corrected chi connectivity index (χ3v) is 2.77. The fraction of sp³-hybridized carbons (Fsp3) is 0.833. The number of aldehydes is 1. The summed E-state index contributed by atoms with van der Waals surface area (Å²) in [5.41, 5.74) is 3.11. The van der Waals surface area contributed by atoms with Crippen LogP contribution in [0, 0.1) is 5.41 Å². The van der Waals surface area contributed by atoms with Gasteiger partial charge in [-0.2, -0.15) is 0 Å². The zero-order valence-corrected chi connectivity index (χ0v) is 11.5. The van der Waals surface area contributed by atoms with E-state index in [1.54, 1.807) is 13.8 Å². The Balaban J connectivity index is 3.14. The van der Waals surface area contributed by atoms with Gasteiger partial charge in [-0.15, -0.1) is 0 Å². The van der Waals surface area contributed by atoms with E-state index in [1.807, 2.05) is 20.8 Å². The summed E-state index contributed by atoms with van der Waals surface area (Å²) in [6.07, 6.45) is -1.13. The summed E-state index contributed by atoms with van der Waals surface area (Å²) in [4.78, 5) is 22.4. The molecule has 1 rings (SSSR count). The molecule has 1 amide bonds. The molecule has 2 atom stereocenters. The Labute approximate surface area is 107 Å². The number of hydrogen-bond donors (Lipinski definition) is 1. The maximum Gasteiger partial charge on any atom is 0.405 e. The minimum absolute atomic E-state index is 0.0750. The Morgan fingerprint density at radius 3 is 2.39 bits per heavy atom. The lowest BCUT2D eigenvalue weighted by Gasteiger charge is -2.49. The largest absolute Gasteiger partial charge is 0.430 e. The number of hydrogen-bond acceptors (Lipinski definition) is 5. The normalized spacial score (nSPS) is 31.7. The highest BCUT2D eigenvalue weighted by Gasteiger charge is 2.55. The van der Waals surface area contributed by atoms with Crippen molar-refractivity contribution in [1.82, 2.24) is 0 Å². The summed E-state index contributed by atoms with van der Waals surface area (Å²) in [6.45, 7) is 9.08. The fourth-order valence-electron chi connectivity index (χ4n) is 2.08. The number of carbonyl (C=O) groups is 2. The monoisotopic (exact) mass is 259 g/mol. The van der Waals surface area contributed by atoms with Crippen molar-refractivity contribution in [2.24, 2.45) is 11.1 Å². The summed E-state index contributed by atoms with van der Waals surface area (Å²) in [7, 11) is 0. The van der Waals surface area contributed by atoms with Gasteiger partial charge in [-0.25, -0.2) is 4.79 Å². The Bertz CT molecular complexity index is 347. The van der Waals surface area contributed by atoms with Gasteiger partial charge in [-0.1, -0.05) is 20.8 Å². The van der Waals surface area contributed by atoms with E-state index in [1.165, 1.54) is 0 Å². The van der Waals surface area contributed by atoms with E-state index in [2.05, 4.69) is 0 Å². The van der Waals surface area contributed by atoms with E-state index < -0.39 is 29.0 Å². The second-order valence-corrected chi connectivity index (χ2v) is 6.05. The van der Waals surface area contributed by atoms with Crippen LogP contribution >= 0.6 is 0 Å². The first-order valence-electron chi connectivity index (χ1n) is 5.79. The highest BCUT2D eigenvalue weighted by Crippen LogP contribution is 2.39. The molecule has 2 unspecified atom stereocenters. The van der Waals surface area contributed by atoms with Crippen LogP contribution in [0.2, 0.25) is 0 Å². The fourth-order valence-corrected chi connectivity index (χ4v) is 2.08. The highest BCUT2D eigenvalue weighted by molar-refractivity contribution is 5.73. The molecule has 0 spiro atoms. The lowest BCUT2D eigenvalue weighted by Crippen LogP contribution is -2.65. The number of rotatable bonds is 2. The maximum absolute atomic E-state index is 11.4. The Hall–Kier alpha value is -1.14. The van der Waals surface area contributed by atoms with Gasteiger partial charge in [0.25, 0.3) is 0 Å². The van der Waals surface area contributed by atoms with Crippen LogP contribution in [0.1, 0.15) is 34.6 Å². The molecule has 0 aromatic heterocycles. The van der Waals surface area contributed by atoms with Crippen molar-refractivity contribution < 1.29 is 23.8 Å². The molecule has 0 aliphatic carbocycles. The first kappa shape index (κ1) is 14.9. The van der Waals surface area contributed by atoms with Crippen molar-refractivity contribution >= 4 is 12.4 Å². The third-order valence-electron chi connectivity index (χ3n) is 2.77. The Kier molecular flexibility index (Phi) is 3.74. The van der Waals surface area contributed by atoms with E-state index in [-0.39, 0.29) is 6.61 Å². The first-order valence-corrected chi connectivity index (χ1v) is 5.79. The van der Waals surface area contributed by atoms with Crippen LogP contribution in [-0.4, -0.2) is 36.5 Å². The third kappa shape index (κ3) is 3.00. The molecule has 1 saturated heterocycles. The van der Waals surface area contributed by atoms with Crippen LogP contribution in [0.5, 0.6) is 0 Å². The Morgan fingerprint density at radius 2 is 2.00 bits per heavy atom. The minimum atomic E-state index is -1.50. The molecule has 18 heavy (non-hydrogen) atoms. The van der Waals surface area contributed by atoms with Crippen LogP contribution in [0.4, 0.5) is 4.79 Å². The number of amides is 1. The molecule has 0 aromatic carbocycles. The van der Waals surface area contributed by atoms with Crippen molar-refractivity contribution in [3.05, 3.63) is 0 Å². The Morgan fingerprint density at radius 1 is 1.44 bits per heavy atom. The van der Waals surface area contributed by atoms with Crippen molar-refractivity contribution in [1.29, 1.82) is 0 Å². The van der Waals surface area contributed by atoms with Crippen LogP contribution < -0.4 is 5.73 Å².